The maximum absolute atomic E-state index is 12.3. The zero-order valence-corrected chi connectivity index (χ0v) is 15.6. The van der Waals surface area contributed by atoms with E-state index in [4.69, 9.17) is 16.3 Å². The molecule has 1 aromatic carbocycles. The summed E-state index contributed by atoms with van der Waals surface area (Å²) in [6.07, 6.45) is 1.94. The quantitative estimate of drug-likeness (QED) is 0.766. The second kappa shape index (κ2) is 7.84. The van der Waals surface area contributed by atoms with Gasteiger partial charge in [-0.2, -0.15) is 5.10 Å². The second-order valence-corrected chi connectivity index (χ2v) is 6.53. The number of benzene rings is 1. The highest BCUT2D eigenvalue weighted by Gasteiger charge is 2.19. The smallest absolute Gasteiger partial charge is 0.266 e. The van der Waals surface area contributed by atoms with E-state index in [2.05, 4.69) is 33.3 Å². The molecule has 0 saturated heterocycles. The summed E-state index contributed by atoms with van der Waals surface area (Å²) in [7, 11) is 0. The van der Waals surface area contributed by atoms with Crippen LogP contribution in [0.3, 0.4) is 0 Å². The number of carbonyl (C=O) groups excluding carboxylic acids is 1. The maximum Gasteiger partial charge on any atom is 0.266 e. The van der Waals surface area contributed by atoms with E-state index in [0.29, 0.717) is 21.1 Å². The summed E-state index contributed by atoms with van der Waals surface area (Å²) < 4.78 is 8.19. The molecule has 1 amide bonds. The van der Waals surface area contributed by atoms with Gasteiger partial charge < -0.3 is 10.1 Å². The van der Waals surface area contributed by atoms with Crippen LogP contribution in [-0.2, 0) is 4.79 Å². The Kier molecular flexibility index (Phi) is 6.07. The molecule has 124 valence electrons. The molecule has 5 nitrogen and oxygen atoms in total. The van der Waals surface area contributed by atoms with Crippen LogP contribution >= 0.6 is 27.5 Å². The Bertz CT molecular complexity index is 690. The second-order valence-electron chi connectivity index (χ2n) is 5.24. The van der Waals surface area contributed by atoms with Crippen molar-refractivity contribution >= 4 is 39.3 Å². The number of hydrogen-bond donors (Lipinski definition) is 1. The molecule has 0 fully saturated rings. The predicted octanol–water partition coefficient (Wildman–Crippen LogP) is 4.68. The minimum Gasteiger partial charge on any atom is -0.480 e. The Morgan fingerprint density at radius 1 is 1.43 bits per heavy atom. The van der Waals surface area contributed by atoms with Gasteiger partial charge in [-0.3, -0.25) is 4.79 Å². The van der Waals surface area contributed by atoms with E-state index >= 15 is 0 Å². The summed E-state index contributed by atoms with van der Waals surface area (Å²) in [6, 6.07) is 7.14. The van der Waals surface area contributed by atoms with Crippen molar-refractivity contribution in [1.29, 1.82) is 0 Å². The first kappa shape index (κ1) is 17.8. The molecule has 1 heterocycles. The molecule has 1 aromatic heterocycles. The van der Waals surface area contributed by atoms with E-state index in [1.54, 1.807) is 42.1 Å². The van der Waals surface area contributed by atoms with E-state index in [0.717, 1.165) is 6.42 Å². The predicted molar refractivity (Wildman–Crippen MR) is 95.1 cm³/mol. The van der Waals surface area contributed by atoms with Crippen molar-refractivity contribution in [3.05, 3.63) is 40.0 Å². The summed E-state index contributed by atoms with van der Waals surface area (Å²) in [5.41, 5.74) is 0. The molecule has 0 aliphatic rings. The Balaban J connectivity index is 2.04. The molecular weight excluding hydrogens is 382 g/mol. The van der Waals surface area contributed by atoms with Crippen LogP contribution in [0.1, 0.15) is 33.2 Å². The lowest BCUT2D eigenvalue weighted by molar-refractivity contribution is -0.122. The number of nitrogens with zero attached hydrogens (tertiary/aromatic N) is 2. The first-order chi connectivity index (χ1) is 10.9. The van der Waals surface area contributed by atoms with Crippen LogP contribution < -0.4 is 10.1 Å². The van der Waals surface area contributed by atoms with Gasteiger partial charge in [-0.05, 0) is 54.4 Å². The highest BCUT2D eigenvalue weighted by atomic mass is 79.9. The van der Waals surface area contributed by atoms with Crippen molar-refractivity contribution in [2.24, 2.45) is 0 Å². The topological polar surface area (TPSA) is 56.2 Å². The highest BCUT2D eigenvalue weighted by molar-refractivity contribution is 9.10. The minimum atomic E-state index is -0.659. The van der Waals surface area contributed by atoms with Crippen molar-refractivity contribution in [2.45, 2.75) is 39.3 Å². The number of amides is 1. The average molecular weight is 401 g/mol. The Morgan fingerprint density at radius 2 is 2.17 bits per heavy atom. The molecule has 7 heteroatoms. The fourth-order valence-electron chi connectivity index (χ4n) is 1.98. The van der Waals surface area contributed by atoms with Crippen LogP contribution in [0, 0.1) is 0 Å². The lowest BCUT2D eigenvalue weighted by Crippen LogP contribution is -2.31. The highest BCUT2D eigenvalue weighted by Crippen LogP contribution is 2.29. The molecule has 1 N–H and O–H groups in total. The molecule has 2 atom stereocenters. The van der Waals surface area contributed by atoms with Crippen LogP contribution in [0.2, 0.25) is 5.02 Å². The van der Waals surface area contributed by atoms with E-state index in [-0.39, 0.29) is 11.9 Å². The fraction of sp³-hybridized carbons (Fsp3) is 0.375. The van der Waals surface area contributed by atoms with Gasteiger partial charge in [0.25, 0.3) is 5.91 Å². The molecule has 0 bridgehead atoms. The van der Waals surface area contributed by atoms with Crippen molar-refractivity contribution in [3.8, 4) is 5.75 Å². The van der Waals surface area contributed by atoms with Gasteiger partial charge >= 0.3 is 0 Å². The Hall–Kier alpha value is -1.53. The monoisotopic (exact) mass is 399 g/mol. The number of nitrogens with one attached hydrogen (secondary N) is 1. The third-order valence-electron chi connectivity index (χ3n) is 3.50. The number of carbonyl (C=O) groups is 1. The maximum atomic E-state index is 12.3. The van der Waals surface area contributed by atoms with E-state index in [1.807, 2.05) is 6.92 Å². The average Bonchev–Trinajstić information content (AvgIpc) is 2.97. The van der Waals surface area contributed by atoms with Gasteiger partial charge in [0.2, 0.25) is 0 Å². The van der Waals surface area contributed by atoms with Crippen molar-refractivity contribution in [2.75, 3.05) is 5.32 Å². The number of aromatic nitrogens is 2. The fourth-order valence-corrected chi connectivity index (χ4v) is 2.76. The van der Waals surface area contributed by atoms with Gasteiger partial charge in [-0.25, -0.2) is 4.68 Å². The summed E-state index contributed by atoms with van der Waals surface area (Å²) in [6.45, 7) is 5.81. The first-order valence-corrected chi connectivity index (χ1v) is 8.55. The normalized spacial score (nSPS) is 13.4. The van der Waals surface area contributed by atoms with Crippen LogP contribution in [0.5, 0.6) is 5.75 Å². The standard InChI is InChI=1S/C16H19BrClN3O2/c1-4-10(2)21-15(7-8-19-21)20-16(22)11(3)23-14-6-5-12(18)9-13(14)17/h5-11H,4H2,1-3H3,(H,20,22)/t10-,11-/m1/s1. The third-order valence-corrected chi connectivity index (χ3v) is 4.35. The largest absolute Gasteiger partial charge is 0.480 e. The molecule has 0 saturated carbocycles. The van der Waals surface area contributed by atoms with Crippen molar-refractivity contribution in [3.63, 3.8) is 0 Å². The summed E-state index contributed by atoms with van der Waals surface area (Å²) >= 11 is 9.27. The molecule has 0 unspecified atom stereocenters. The molecular formula is C16H19BrClN3O2. The van der Waals surface area contributed by atoms with Gasteiger partial charge in [-0.15, -0.1) is 0 Å². The van der Waals surface area contributed by atoms with Gasteiger partial charge in [0.05, 0.1) is 16.7 Å². The van der Waals surface area contributed by atoms with Gasteiger partial charge in [0, 0.05) is 11.1 Å². The molecule has 0 aliphatic heterocycles. The number of hydrogen-bond acceptors (Lipinski definition) is 3. The molecule has 23 heavy (non-hydrogen) atoms. The van der Waals surface area contributed by atoms with E-state index in [1.165, 1.54) is 0 Å². The van der Waals surface area contributed by atoms with Crippen LogP contribution in [0.15, 0.2) is 34.9 Å². The van der Waals surface area contributed by atoms with Crippen molar-refractivity contribution < 1.29 is 9.53 Å². The van der Waals surface area contributed by atoms with Gasteiger partial charge in [-0.1, -0.05) is 18.5 Å². The third kappa shape index (κ3) is 4.48. The zero-order chi connectivity index (χ0) is 17.0. The Labute approximate surface area is 149 Å². The number of rotatable bonds is 6. The lowest BCUT2D eigenvalue weighted by Gasteiger charge is -2.18. The van der Waals surface area contributed by atoms with Crippen LogP contribution in [0.4, 0.5) is 5.82 Å². The van der Waals surface area contributed by atoms with Crippen LogP contribution in [-0.4, -0.2) is 21.8 Å². The molecule has 0 radical (unpaired) electrons. The molecule has 0 aliphatic carbocycles. The SMILES string of the molecule is CC[C@@H](C)n1nccc1NC(=O)[C@@H](C)Oc1ccc(Cl)cc1Br. The molecule has 0 spiro atoms. The lowest BCUT2D eigenvalue weighted by atomic mass is 10.3. The van der Waals surface area contributed by atoms with Crippen LogP contribution in [0.25, 0.3) is 0 Å². The molecule has 2 rings (SSSR count). The number of anilines is 1. The Morgan fingerprint density at radius 3 is 2.83 bits per heavy atom. The van der Waals surface area contributed by atoms with Gasteiger partial charge in [0.1, 0.15) is 11.6 Å². The van der Waals surface area contributed by atoms with E-state index < -0.39 is 6.10 Å². The number of ether oxygens (including phenoxy) is 1. The zero-order valence-electron chi connectivity index (χ0n) is 13.2. The summed E-state index contributed by atoms with van der Waals surface area (Å²) in [5.74, 6) is 0.986. The molecule has 2 aromatic rings. The van der Waals surface area contributed by atoms with Gasteiger partial charge in [0.15, 0.2) is 6.10 Å². The number of halogens is 2. The van der Waals surface area contributed by atoms with E-state index in [9.17, 15) is 4.79 Å². The summed E-state index contributed by atoms with van der Waals surface area (Å²) in [5, 5.41) is 7.69. The van der Waals surface area contributed by atoms with Crippen molar-refractivity contribution in [1.82, 2.24) is 9.78 Å². The summed E-state index contributed by atoms with van der Waals surface area (Å²) in [4.78, 5) is 12.3. The first-order valence-electron chi connectivity index (χ1n) is 7.38. The minimum absolute atomic E-state index is 0.210.